The molecule has 0 heterocycles. The maximum absolute atomic E-state index is 13.5. The summed E-state index contributed by atoms with van der Waals surface area (Å²) in [5.74, 6) is -1.39. The number of amides is 4. The topological polar surface area (TPSA) is 187 Å². The van der Waals surface area contributed by atoms with Gasteiger partial charge >= 0.3 is 7.69 Å². The molecule has 13 heteroatoms. The van der Waals surface area contributed by atoms with E-state index in [0.717, 1.165) is 24.0 Å². The summed E-state index contributed by atoms with van der Waals surface area (Å²) in [4.78, 5) is 53.4. The highest BCUT2D eigenvalue weighted by Gasteiger charge is 2.52. The third-order valence-corrected chi connectivity index (χ3v) is 9.21. The Morgan fingerprint density at radius 2 is 1.02 bits per heavy atom. The average Bonchev–Trinajstić information content (AvgIpc) is 3.03. The SMILES string of the molecule is NCCCC(NC(=O)C1(C(=O)NCc2ccccc2)CCC1)OBOC(CCCN)NC(=O)C1(C(=O)NCc2ccccc2)CCC1. The van der Waals surface area contributed by atoms with Crippen molar-refractivity contribution >= 4 is 31.3 Å². The second-order valence-electron chi connectivity index (χ2n) is 12.4. The predicted octanol–water partition coefficient (Wildman–Crippen LogP) is 1.62. The number of benzene rings is 2. The van der Waals surface area contributed by atoms with E-state index in [0.29, 0.717) is 77.5 Å². The van der Waals surface area contributed by atoms with Gasteiger partial charge in [0.15, 0.2) is 0 Å². The zero-order valence-corrected chi connectivity index (χ0v) is 27.1. The summed E-state index contributed by atoms with van der Waals surface area (Å²) in [5, 5.41) is 11.6. The van der Waals surface area contributed by atoms with Crippen LogP contribution in [0.3, 0.4) is 0 Å². The molecule has 2 aromatic carbocycles. The molecule has 2 atom stereocenters. The molecule has 0 radical (unpaired) electrons. The molecule has 254 valence electrons. The van der Waals surface area contributed by atoms with Gasteiger partial charge in [-0.25, -0.2) is 0 Å². The van der Waals surface area contributed by atoms with Crippen LogP contribution in [-0.4, -0.2) is 56.9 Å². The third kappa shape index (κ3) is 9.63. The minimum Gasteiger partial charge on any atom is -0.393 e. The number of carbonyl (C=O) groups is 4. The molecule has 4 rings (SSSR count). The minimum atomic E-state index is -1.16. The normalized spacial score (nSPS) is 17.1. The molecule has 2 unspecified atom stereocenters. The molecule has 8 N–H and O–H groups in total. The van der Waals surface area contributed by atoms with E-state index in [4.69, 9.17) is 20.8 Å². The fourth-order valence-electron chi connectivity index (χ4n) is 5.84. The lowest BCUT2D eigenvalue weighted by molar-refractivity contribution is -0.152. The van der Waals surface area contributed by atoms with E-state index >= 15 is 0 Å². The molecular formula is C34H49BN6O6. The molecule has 2 aliphatic rings. The Hall–Kier alpha value is -3.78. The maximum atomic E-state index is 13.5. The smallest absolute Gasteiger partial charge is 0.393 e. The lowest BCUT2D eigenvalue weighted by Gasteiger charge is -2.40. The van der Waals surface area contributed by atoms with Gasteiger partial charge < -0.3 is 42.0 Å². The summed E-state index contributed by atoms with van der Waals surface area (Å²) < 4.78 is 11.9. The molecule has 0 aliphatic heterocycles. The standard InChI is InChI=1S/C34H49BN6O6/c36-21-7-15-27(40-31(44)33(17-9-18-33)29(42)38-23-25-11-3-1-4-12-25)46-35-47-28(16-8-22-37)41-32(45)34(19-10-20-34)30(43)39-24-26-13-5-2-6-14-26/h1-6,11-14,27-28,35H,7-10,15-24,36-37H2,(H,38,42)(H,39,43)(H,40,44)(H,41,45). The number of hydrogen-bond donors (Lipinski definition) is 6. The van der Waals surface area contributed by atoms with E-state index in [1.807, 2.05) is 60.7 Å². The van der Waals surface area contributed by atoms with Gasteiger partial charge in [-0.1, -0.05) is 73.5 Å². The highest BCUT2D eigenvalue weighted by molar-refractivity contribution is 6.18. The molecule has 0 saturated heterocycles. The Bertz CT molecular complexity index is 1210. The average molecular weight is 649 g/mol. The van der Waals surface area contributed by atoms with Crippen LogP contribution in [0, 0.1) is 10.8 Å². The quantitative estimate of drug-likeness (QED) is 0.0710. The minimum absolute atomic E-state index is 0.245. The van der Waals surface area contributed by atoms with Crippen LogP contribution in [0.2, 0.25) is 0 Å². The molecule has 2 saturated carbocycles. The fourth-order valence-corrected chi connectivity index (χ4v) is 5.84. The second kappa shape index (κ2) is 18.0. The molecule has 0 bridgehead atoms. The summed E-state index contributed by atoms with van der Waals surface area (Å²) in [6, 6.07) is 19.1. The molecule has 12 nitrogen and oxygen atoms in total. The van der Waals surface area contributed by atoms with E-state index in [9.17, 15) is 19.2 Å². The summed E-state index contributed by atoms with van der Waals surface area (Å²) in [6.07, 6.45) is 3.84. The first-order valence-corrected chi connectivity index (χ1v) is 16.7. The van der Waals surface area contributed by atoms with Gasteiger partial charge in [-0.05, 0) is 75.6 Å². The van der Waals surface area contributed by atoms with Crippen LogP contribution in [0.15, 0.2) is 60.7 Å². The van der Waals surface area contributed by atoms with E-state index in [1.165, 1.54) is 0 Å². The van der Waals surface area contributed by atoms with Crippen molar-refractivity contribution in [3.63, 3.8) is 0 Å². The Kier molecular flexibility index (Phi) is 13.8. The van der Waals surface area contributed by atoms with E-state index in [2.05, 4.69) is 21.3 Å². The van der Waals surface area contributed by atoms with E-state index < -0.39 is 35.1 Å². The molecule has 4 amide bonds. The van der Waals surface area contributed by atoms with Crippen molar-refractivity contribution in [2.45, 2.75) is 89.8 Å². The van der Waals surface area contributed by atoms with Crippen LogP contribution in [0.5, 0.6) is 0 Å². The fraction of sp³-hybridized carbons (Fsp3) is 0.529. The Labute approximate surface area is 277 Å². The molecular weight excluding hydrogens is 599 g/mol. The largest absolute Gasteiger partial charge is 0.441 e. The number of rotatable bonds is 20. The lowest BCUT2D eigenvalue weighted by Crippen LogP contribution is -2.58. The van der Waals surface area contributed by atoms with Crippen molar-refractivity contribution in [3.05, 3.63) is 71.8 Å². The van der Waals surface area contributed by atoms with E-state index in [1.54, 1.807) is 0 Å². The van der Waals surface area contributed by atoms with Crippen molar-refractivity contribution in [2.24, 2.45) is 22.3 Å². The van der Waals surface area contributed by atoms with Crippen LogP contribution < -0.4 is 32.7 Å². The van der Waals surface area contributed by atoms with Crippen molar-refractivity contribution in [2.75, 3.05) is 13.1 Å². The molecule has 2 aromatic rings. The first-order valence-electron chi connectivity index (χ1n) is 16.7. The third-order valence-electron chi connectivity index (χ3n) is 9.21. The van der Waals surface area contributed by atoms with Gasteiger partial charge in [0.1, 0.15) is 23.3 Å². The van der Waals surface area contributed by atoms with Crippen LogP contribution in [0.4, 0.5) is 0 Å². The molecule has 2 fully saturated rings. The summed E-state index contributed by atoms with van der Waals surface area (Å²) >= 11 is 0. The van der Waals surface area contributed by atoms with Gasteiger partial charge in [-0.3, -0.25) is 19.2 Å². The van der Waals surface area contributed by atoms with Gasteiger partial charge in [0, 0.05) is 13.1 Å². The highest BCUT2D eigenvalue weighted by atomic mass is 16.6. The molecule has 47 heavy (non-hydrogen) atoms. The highest BCUT2D eigenvalue weighted by Crippen LogP contribution is 2.42. The second-order valence-corrected chi connectivity index (χ2v) is 12.4. The Morgan fingerprint density at radius 1 is 0.638 bits per heavy atom. The summed E-state index contributed by atoms with van der Waals surface area (Å²) in [7, 11) is -0.245. The Morgan fingerprint density at radius 3 is 1.34 bits per heavy atom. The first kappa shape index (κ1) is 36.1. The van der Waals surface area contributed by atoms with Crippen LogP contribution in [-0.2, 0) is 41.6 Å². The van der Waals surface area contributed by atoms with Crippen molar-refractivity contribution < 1.29 is 28.5 Å². The number of hydrogen-bond acceptors (Lipinski definition) is 8. The van der Waals surface area contributed by atoms with Crippen LogP contribution >= 0.6 is 0 Å². The lowest BCUT2D eigenvalue weighted by atomic mass is 9.67. The number of nitrogens with one attached hydrogen (secondary N) is 4. The summed E-state index contributed by atoms with van der Waals surface area (Å²) in [6.45, 7) is 1.45. The van der Waals surface area contributed by atoms with Crippen LogP contribution in [0.1, 0.15) is 75.3 Å². The predicted molar refractivity (Wildman–Crippen MR) is 179 cm³/mol. The van der Waals surface area contributed by atoms with Crippen molar-refractivity contribution in [1.82, 2.24) is 21.3 Å². The van der Waals surface area contributed by atoms with Crippen LogP contribution in [0.25, 0.3) is 0 Å². The van der Waals surface area contributed by atoms with Crippen molar-refractivity contribution in [3.8, 4) is 0 Å². The number of carbonyl (C=O) groups excluding carboxylic acids is 4. The zero-order chi connectivity index (χ0) is 33.5. The summed E-state index contributed by atoms with van der Waals surface area (Å²) in [5.41, 5.74) is 11.1. The monoisotopic (exact) mass is 648 g/mol. The maximum Gasteiger partial charge on any atom is 0.441 e. The van der Waals surface area contributed by atoms with Gasteiger partial charge in [-0.2, -0.15) is 0 Å². The molecule has 2 aliphatic carbocycles. The Balaban J connectivity index is 1.31. The van der Waals surface area contributed by atoms with Gasteiger partial charge in [0.05, 0.1) is 0 Å². The molecule has 0 spiro atoms. The number of nitrogens with two attached hydrogens (primary N) is 2. The van der Waals surface area contributed by atoms with Gasteiger partial charge in [0.2, 0.25) is 23.6 Å². The molecule has 0 aromatic heterocycles. The van der Waals surface area contributed by atoms with Gasteiger partial charge in [0.25, 0.3) is 0 Å². The first-order chi connectivity index (χ1) is 22.8. The van der Waals surface area contributed by atoms with E-state index in [-0.39, 0.29) is 19.5 Å². The van der Waals surface area contributed by atoms with Gasteiger partial charge in [-0.15, -0.1) is 0 Å². The zero-order valence-electron chi connectivity index (χ0n) is 27.1. The van der Waals surface area contributed by atoms with Crippen molar-refractivity contribution in [1.29, 1.82) is 0 Å².